The minimum Gasteiger partial charge on any atom is -0.477 e. The molecule has 2 unspecified atom stereocenters. The molecular formula is C23H20ClNO3S. The molecule has 0 aromatic heterocycles. The van der Waals surface area contributed by atoms with Gasteiger partial charge >= 0.3 is 5.97 Å². The molecular weight excluding hydrogens is 406 g/mol. The SMILES string of the molecule is O=C(O)C1=C(CCl)CS[C@H]2C(C3CC3(c3ccccc3)c3ccccc3)C(=O)N12. The quantitative estimate of drug-likeness (QED) is 0.578. The van der Waals surface area contributed by atoms with E-state index in [9.17, 15) is 14.7 Å². The van der Waals surface area contributed by atoms with Gasteiger partial charge in [0.2, 0.25) is 5.91 Å². The number of hydrogen-bond donors (Lipinski definition) is 1. The number of nitrogens with zero attached hydrogens (tertiary/aromatic N) is 1. The first-order chi connectivity index (χ1) is 14.1. The van der Waals surface area contributed by atoms with Crippen molar-refractivity contribution >= 4 is 35.2 Å². The first kappa shape index (κ1) is 18.8. The number of halogens is 1. The maximum atomic E-state index is 13.2. The molecule has 6 heteroatoms. The molecule has 4 nitrogen and oxygen atoms in total. The third kappa shape index (κ3) is 2.67. The lowest BCUT2D eigenvalue weighted by Gasteiger charge is -2.50. The molecule has 1 N–H and O–H groups in total. The molecule has 0 spiro atoms. The Morgan fingerprint density at radius 2 is 1.69 bits per heavy atom. The van der Waals surface area contributed by atoms with E-state index in [0.29, 0.717) is 11.3 Å². The number of carboxylic acid groups (broad SMARTS) is 1. The third-order valence-corrected chi connectivity index (χ3v) is 8.16. The average Bonchev–Trinajstić information content (AvgIpc) is 3.49. The van der Waals surface area contributed by atoms with Gasteiger partial charge in [0.15, 0.2) is 0 Å². The van der Waals surface area contributed by atoms with Crippen LogP contribution in [0.15, 0.2) is 71.9 Å². The zero-order valence-corrected chi connectivity index (χ0v) is 17.2. The van der Waals surface area contributed by atoms with Gasteiger partial charge in [0.1, 0.15) is 5.70 Å². The smallest absolute Gasteiger partial charge is 0.352 e. The highest BCUT2D eigenvalue weighted by Crippen LogP contribution is 2.66. The Morgan fingerprint density at radius 1 is 1.10 bits per heavy atom. The van der Waals surface area contributed by atoms with Gasteiger partial charge in [-0.3, -0.25) is 9.69 Å². The first-order valence-corrected chi connectivity index (χ1v) is 11.2. The van der Waals surface area contributed by atoms with E-state index < -0.39 is 5.97 Å². The Labute approximate surface area is 178 Å². The summed E-state index contributed by atoms with van der Waals surface area (Å²) in [6.45, 7) is 0. The number of carbonyl (C=O) groups excluding carboxylic acids is 1. The predicted molar refractivity (Wildman–Crippen MR) is 114 cm³/mol. The van der Waals surface area contributed by atoms with Crippen molar-refractivity contribution in [2.75, 3.05) is 11.6 Å². The predicted octanol–water partition coefficient (Wildman–Crippen LogP) is 4.10. The number of thioether (sulfide) groups is 1. The molecule has 0 bridgehead atoms. The van der Waals surface area contributed by atoms with E-state index in [-0.39, 0.29) is 40.1 Å². The van der Waals surface area contributed by atoms with Crippen LogP contribution >= 0.6 is 23.4 Å². The van der Waals surface area contributed by atoms with Gasteiger partial charge in [-0.15, -0.1) is 23.4 Å². The summed E-state index contributed by atoms with van der Waals surface area (Å²) >= 11 is 7.59. The number of alkyl halides is 1. The van der Waals surface area contributed by atoms with E-state index in [2.05, 4.69) is 24.3 Å². The molecule has 3 atom stereocenters. The van der Waals surface area contributed by atoms with Crippen molar-refractivity contribution in [1.29, 1.82) is 0 Å². The van der Waals surface area contributed by atoms with Crippen LogP contribution in [0.4, 0.5) is 0 Å². The fourth-order valence-corrected chi connectivity index (χ4v) is 6.89. The molecule has 2 fully saturated rings. The zero-order chi connectivity index (χ0) is 20.2. The van der Waals surface area contributed by atoms with Crippen LogP contribution < -0.4 is 0 Å². The number of benzene rings is 2. The summed E-state index contributed by atoms with van der Waals surface area (Å²) in [6, 6.07) is 20.7. The number of aliphatic carboxylic acids is 1. The van der Waals surface area contributed by atoms with E-state index >= 15 is 0 Å². The molecule has 29 heavy (non-hydrogen) atoms. The van der Waals surface area contributed by atoms with Crippen molar-refractivity contribution in [3.05, 3.63) is 83.1 Å². The van der Waals surface area contributed by atoms with Gasteiger partial charge in [-0.1, -0.05) is 60.7 Å². The largest absolute Gasteiger partial charge is 0.477 e. The molecule has 0 radical (unpaired) electrons. The highest BCUT2D eigenvalue weighted by Gasteiger charge is 2.68. The molecule has 1 saturated heterocycles. The summed E-state index contributed by atoms with van der Waals surface area (Å²) in [6.07, 6.45) is 0.900. The van der Waals surface area contributed by atoms with Crippen LogP contribution in [0.5, 0.6) is 0 Å². The van der Waals surface area contributed by atoms with Gasteiger partial charge in [-0.25, -0.2) is 4.79 Å². The summed E-state index contributed by atoms with van der Waals surface area (Å²) in [5, 5.41) is 9.53. The van der Waals surface area contributed by atoms with Gasteiger partial charge in [0.25, 0.3) is 0 Å². The Bertz CT molecular complexity index is 968. The molecule has 1 saturated carbocycles. The Balaban J connectivity index is 1.51. The fourth-order valence-electron chi connectivity index (χ4n) is 5.08. The number of hydrogen-bond acceptors (Lipinski definition) is 3. The second kappa shape index (κ2) is 6.92. The van der Waals surface area contributed by atoms with Gasteiger partial charge in [0, 0.05) is 17.0 Å². The normalized spacial score (nSPS) is 27.3. The number of rotatable bonds is 5. The lowest BCUT2D eigenvalue weighted by Crippen LogP contribution is -2.62. The minimum absolute atomic E-state index is 0.0825. The van der Waals surface area contributed by atoms with Crippen molar-refractivity contribution in [3.63, 3.8) is 0 Å². The monoisotopic (exact) mass is 425 g/mol. The Hall–Kier alpha value is -2.24. The highest BCUT2D eigenvalue weighted by molar-refractivity contribution is 8.00. The van der Waals surface area contributed by atoms with Gasteiger partial charge in [0.05, 0.1) is 11.3 Å². The zero-order valence-electron chi connectivity index (χ0n) is 15.6. The van der Waals surface area contributed by atoms with E-state index in [1.54, 1.807) is 11.8 Å². The molecule has 1 amide bonds. The third-order valence-electron chi connectivity index (χ3n) is 6.48. The topological polar surface area (TPSA) is 57.6 Å². The summed E-state index contributed by atoms with van der Waals surface area (Å²) < 4.78 is 0. The van der Waals surface area contributed by atoms with Crippen molar-refractivity contribution in [3.8, 4) is 0 Å². The summed E-state index contributed by atoms with van der Waals surface area (Å²) in [7, 11) is 0. The second-order valence-electron chi connectivity index (χ2n) is 7.84. The van der Waals surface area contributed by atoms with Crippen molar-refractivity contribution in [1.82, 2.24) is 4.90 Å². The van der Waals surface area contributed by atoms with Crippen LogP contribution in [0.1, 0.15) is 17.5 Å². The minimum atomic E-state index is -1.06. The second-order valence-corrected chi connectivity index (χ2v) is 9.21. The molecule has 5 rings (SSSR count). The summed E-state index contributed by atoms with van der Waals surface area (Å²) in [5.41, 5.74) is 2.98. The molecule has 3 aliphatic rings. The molecule has 2 heterocycles. The molecule has 2 aromatic carbocycles. The Kier molecular flexibility index (Phi) is 4.48. The maximum Gasteiger partial charge on any atom is 0.352 e. The number of amides is 1. The van der Waals surface area contributed by atoms with E-state index in [1.807, 2.05) is 36.4 Å². The molecule has 1 aliphatic carbocycles. The van der Waals surface area contributed by atoms with E-state index in [4.69, 9.17) is 11.6 Å². The maximum absolute atomic E-state index is 13.2. The first-order valence-electron chi connectivity index (χ1n) is 9.66. The molecule has 148 valence electrons. The van der Waals surface area contributed by atoms with Crippen molar-refractivity contribution in [2.24, 2.45) is 11.8 Å². The van der Waals surface area contributed by atoms with Crippen LogP contribution in [0.3, 0.4) is 0 Å². The summed E-state index contributed by atoms with van der Waals surface area (Å²) in [4.78, 5) is 26.4. The van der Waals surface area contributed by atoms with Gasteiger partial charge in [-0.2, -0.15) is 0 Å². The van der Waals surface area contributed by atoms with Crippen molar-refractivity contribution in [2.45, 2.75) is 17.2 Å². The number of carbonyl (C=O) groups is 2. The number of β-lactam (4-membered cyclic amide) rings is 1. The van der Waals surface area contributed by atoms with Crippen LogP contribution in [-0.4, -0.2) is 38.9 Å². The Morgan fingerprint density at radius 3 is 2.21 bits per heavy atom. The van der Waals surface area contributed by atoms with E-state index in [0.717, 1.165) is 6.42 Å². The standard InChI is InChI=1S/C23H20ClNO3S/c24-12-14-13-29-21-18(20(26)25(21)19(14)22(27)28)17-11-23(17,15-7-3-1-4-8-15)16-9-5-2-6-10-16/h1-10,17-18,21H,11-13H2,(H,27,28)/t17?,18?,21-/m0/s1. The molecule has 2 aliphatic heterocycles. The van der Waals surface area contributed by atoms with Gasteiger partial charge in [-0.05, 0) is 29.0 Å². The van der Waals surface area contributed by atoms with Crippen LogP contribution in [0.25, 0.3) is 0 Å². The number of fused-ring (bicyclic) bond motifs is 1. The van der Waals surface area contributed by atoms with Crippen molar-refractivity contribution < 1.29 is 14.7 Å². The lowest BCUT2D eigenvalue weighted by atomic mass is 9.79. The molecule has 2 aromatic rings. The fraction of sp³-hybridized carbons (Fsp3) is 0.304. The number of carboxylic acids is 1. The van der Waals surface area contributed by atoms with Crippen LogP contribution in [-0.2, 0) is 15.0 Å². The van der Waals surface area contributed by atoms with Gasteiger partial charge < -0.3 is 5.11 Å². The average molecular weight is 426 g/mol. The van der Waals surface area contributed by atoms with Crippen LogP contribution in [0, 0.1) is 11.8 Å². The highest BCUT2D eigenvalue weighted by atomic mass is 35.5. The summed E-state index contributed by atoms with van der Waals surface area (Å²) in [5.74, 6) is -0.455. The van der Waals surface area contributed by atoms with Crippen LogP contribution in [0.2, 0.25) is 0 Å². The van der Waals surface area contributed by atoms with E-state index in [1.165, 1.54) is 16.0 Å². The lowest BCUT2D eigenvalue weighted by molar-refractivity contribution is -0.153.